The highest BCUT2D eigenvalue weighted by molar-refractivity contribution is 8.27. The maximum Gasteiger partial charge on any atom is 0.416 e. The van der Waals surface area contributed by atoms with Gasteiger partial charge in [-0.2, -0.15) is 13.2 Å². The van der Waals surface area contributed by atoms with Crippen molar-refractivity contribution < 1.29 is 27.6 Å². The number of carbonyl (C=O) groups is 1. The third kappa shape index (κ3) is 5.05. The molecule has 0 aromatic heterocycles. The zero-order valence-electron chi connectivity index (χ0n) is 17.9. The lowest BCUT2D eigenvalue weighted by molar-refractivity contribution is -0.385. The van der Waals surface area contributed by atoms with Crippen molar-refractivity contribution in [3.8, 4) is 11.5 Å². The minimum atomic E-state index is -4.74. The van der Waals surface area contributed by atoms with Crippen LogP contribution in [0.15, 0.2) is 71.6 Å². The molecule has 1 fully saturated rings. The summed E-state index contributed by atoms with van der Waals surface area (Å²) in [6.07, 6.45) is -3.21. The number of anilines is 1. The second-order valence-corrected chi connectivity index (χ2v) is 9.06. The molecule has 0 unspecified atom stereocenters. The molecular weight excluding hydrogens is 501 g/mol. The van der Waals surface area contributed by atoms with E-state index < -0.39 is 22.4 Å². The molecular formula is C24H15F3N2O4S2. The van der Waals surface area contributed by atoms with Gasteiger partial charge in [-0.3, -0.25) is 19.8 Å². The fourth-order valence-electron chi connectivity index (χ4n) is 3.36. The number of thiocarbonyl (C=S) groups is 1. The number of benzene rings is 3. The molecule has 178 valence electrons. The Kier molecular flexibility index (Phi) is 6.64. The van der Waals surface area contributed by atoms with Crippen molar-refractivity contribution in [1.82, 2.24) is 0 Å². The Hall–Kier alpha value is -3.70. The van der Waals surface area contributed by atoms with Gasteiger partial charge in [-0.05, 0) is 42.8 Å². The number of halogens is 3. The van der Waals surface area contributed by atoms with Crippen LogP contribution in [0.25, 0.3) is 6.08 Å². The molecule has 35 heavy (non-hydrogen) atoms. The Labute approximate surface area is 207 Å². The van der Waals surface area contributed by atoms with Crippen molar-refractivity contribution in [2.45, 2.75) is 13.1 Å². The van der Waals surface area contributed by atoms with Crippen molar-refractivity contribution in [2.24, 2.45) is 0 Å². The smallest absolute Gasteiger partial charge is 0.416 e. The molecule has 0 saturated carbocycles. The molecule has 0 spiro atoms. The zero-order chi connectivity index (χ0) is 25.3. The first-order valence-electron chi connectivity index (χ1n) is 10.0. The Balaban J connectivity index is 1.69. The van der Waals surface area contributed by atoms with Gasteiger partial charge in [0, 0.05) is 11.6 Å². The summed E-state index contributed by atoms with van der Waals surface area (Å²) in [5, 5.41) is 11.4. The van der Waals surface area contributed by atoms with Crippen LogP contribution in [-0.2, 0) is 11.0 Å². The fraction of sp³-hybridized carbons (Fsp3) is 0.0833. The molecule has 0 bridgehead atoms. The number of nitro groups is 1. The second kappa shape index (κ2) is 9.51. The van der Waals surface area contributed by atoms with Crippen molar-refractivity contribution in [1.29, 1.82) is 0 Å². The summed E-state index contributed by atoms with van der Waals surface area (Å²) >= 11 is 6.50. The van der Waals surface area contributed by atoms with Gasteiger partial charge in [0.15, 0.2) is 4.32 Å². The molecule has 0 aliphatic carbocycles. The van der Waals surface area contributed by atoms with E-state index in [1.807, 2.05) is 19.1 Å². The zero-order valence-corrected chi connectivity index (χ0v) is 19.5. The molecule has 1 aliphatic heterocycles. The average Bonchev–Trinajstić information content (AvgIpc) is 3.07. The van der Waals surface area contributed by atoms with Gasteiger partial charge in [0.1, 0.15) is 5.75 Å². The summed E-state index contributed by atoms with van der Waals surface area (Å²) in [5.41, 5.74) is -0.0797. The number of nitro benzene ring substituents is 1. The molecule has 3 aromatic rings. The van der Waals surface area contributed by atoms with E-state index in [0.717, 1.165) is 23.4 Å². The number of hydrogen-bond donors (Lipinski definition) is 0. The number of nitrogens with zero attached hydrogens (tertiary/aromatic N) is 2. The van der Waals surface area contributed by atoms with Crippen LogP contribution in [0.4, 0.5) is 24.5 Å². The molecule has 6 nitrogen and oxygen atoms in total. The maximum absolute atomic E-state index is 13.1. The van der Waals surface area contributed by atoms with E-state index in [4.69, 9.17) is 17.0 Å². The van der Waals surface area contributed by atoms with Crippen LogP contribution in [0.5, 0.6) is 11.5 Å². The highest BCUT2D eigenvalue weighted by Gasteiger charge is 2.35. The van der Waals surface area contributed by atoms with E-state index in [1.54, 1.807) is 30.3 Å². The maximum atomic E-state index is 13.1. The number of amides is 1. The molecule has 1 heterocycles. The van der Waals surface area contributed by atoms with E-state index in [1.165, 1.54) is 17.0 Å². The molecule has 3 aromatic carbocycles. The molecule has 0 N–H and O–H groups in total. The minimum Gasteiger partial charge on any atom is -0.449 e. The lowest BCUT2D eigenvalue weighted by Crippen LogP contribution is -2.28. The normalized spacial score (nSPS) is 15.1. The lowest BCUT2D eigenvalue weighted by atomic mass is 10.1. The van der Waals surface area contributed by atoms with Gasteiger partial charge in [-0.25, -0.2) is 0 Å². The Morgan fingerprint density at radius 2 is 1.74 bits per heavy atom. The highest BCUT2D eigenvalue weighted by atomic mass is 32.2. The van der Waals surface area contributed by atoms with Crippen molar-refractivity contribution >= 4 is 51.7 Å². The van der Waals surface area contributed by atoms with Gasteiger partial charge in [-0.1, -0.05) is 60.4 Å². The quantitative estimate of drug-likeness (QED) is 0.156. The molecule has 0 atom stereocenters. The number of thioether (sulfide) groups is 1. The molecule has 0 radical (unpaired) electrons. The number of hydrogen-bond acceptors (Lipinski definition) is 6. The van der Waals surface area contributed by atoms with Crippen molar-refractivity contribution in [3.05, 3.63) is 98.4 Å². The van der Waals surface area contributed by atoms with Crippen LogP contribution in [0, 0.1) is 17.0 Å². The summed E-state index contributed by atoms with van der Waals surface area (Å²) < 4.78 is 45.0. The minimum absolute atomic E-state index is 0.122. The lowest BCUT2D eigenvalue weighted by Gasteiger charge is -2.16. The standard InChI is InChI=1S/C24H15F3N2O4S2/c1-14-6-2-4-8-17(14)28-22(30)21(35-23(28)34)12-15-7-3-5-9-19(15)33-20-11-10-16(24(25,26)27)13-18(20)29(31)32/h2-13H,1H3/b21-12+. The molecule has 1 aliphatic rings. The van der Waals surface area contributed by atoms with Gasteiger partial charge >= 0.3 is 11.9 Å². The SMILES string of the molecule is Cc1ccccc1N1C(=O)/C(=C\c2ccccc2Oc2ccc(C(F)(F)F)cc2[N+](=O)[O-])SC1=S. The van der Waals surface area contributed by atoms with Crippen LogP contribution >= 0.6 is 24.0 Å². The van der Waals surface area contributed by atoms with E-state index in [2.05, 4.69) is 0 Å². The van der Waals surface area contributed by atoms with Gasteiger partial charge in [0.25, 0.3) is 5.91 Å². The van der Waals surface area contributed by atoms with Crippen molar-refractivity contribution in [2.75, 3.05) is 4.90 Å². The molecule has 4 rings (SSSR count). The van der Waals surface area contributed by atoms with Gasteiger partial charge in [0.05, 0.1) is 21.1 Å². The Bertz CT molecular complexity index is 1390. The summed E-state index contributed by atoms with van der Waals surface area (Å²) in [5.74, 6) is -0.586. The molecule has 1 saturated heterocycles. The number of rotatable bonds is 5. The number of para-hydroxylation sites is 2. The van der Waals surface area contributed by atoms with Crippen LogP contribution in [0.3, 0.4) is 0 Å². The monoisotopic (exact) mass is 516 g/mol. The summed E-state index contributed by atoms with van der Waals surface area (Å²) in [4.78, 5) is 25.3. The first-order valence-corrected chi connectivity index (χ1v) is 11.2. The fourth-order valence-corrected chi connectivity index (χ4v) is 4.64. The van der Waals surface area contributed by atoms with E-state index in [-0.39, 0.29) is 17.4 Å². The number of alkyl halides is 3. The Morgan fingerprint density at radius 1 is 1.06 bits per heavy atom. The average molecular weight is 517 g/mol. The van der Waals surface area contributed by atoms with Crippen LogP contribution in [0.2, 0.25) is 0 Å². The van der Waals surface area contributed by atoms with Gasteiger partial charge < -0.3 is 4.74 Å². The summed E-state index contributed by atoms with van der Waals surface area (Å²) in [6, 6.07) is 15.7. The van der Waals surface area contributed by atoms with Crippen LogP contribution in [-0.4, -0.2) is 15.2 Å². The predicted molar refractivity (Wildman–Crippen MR) is 131 cm³/mol. The number of aryl methyl sites for hydroxylation is 1. The Morgan fingerprint density at radius 3 is 2.43 bits per heavy atom. The number of ether oxygens (including phenoxy) is 1. The van der Waals surface area contributed by atoms with Crippen LogP contribution in [0.1, 0.15) is 16.7 Å². The van der Waals surface area contributed by atoms with Gasteiger partial charge in [-0.15, -0.1) is 0 Å². The second-order valence-electron chi connectivity index (χ2n) is 7.38. The van der Waals surface area contributed by atoms with E-state index in [0.29, 0.717) is 32.6 Å². The topological polar surface area (TPSA) is 72.7 Å². The summed E-state index contributed by atoms with van der Waals surface area (Å²) in [7, 11) is 0. The third-order valence-electron chi connectivity index (χ3n) is 5.06. The highest BCUT2D eigenvalue weighted by Crippen LogP contribution is 2.41. The first-order chi connectivity index (χ1) is 16.6. The predicted octanol–water partition coefficient (Wildman–Crippen LogP) is 7.12. The van der Waals surface area contributed by atoms with E-state index >= 15 is 0 Å². The van der Waals surface area contributed by atoms with Crippen LogP contribution < -0.4 is 9.64 Å². The summed E-state index contributed by atoms with van der Waals surface area (Å²) in [6.45, 7) is 1.86. The third-order valence-corrected chi connectivity index (χ3v) is 6.36. The van der Waals surface area contributed by atoms with Crippen molar-refractivity contribution in [3.63, 3.8) is 0 Å². The number of carbonyl (C=O) groups excluding carboxylic acids is 1. The largest absolute Gasteiger partial charge is 0.449 e. The molecule has 11 heteroatoms. The van der Waals surface area contributed by atoms with Gasteiger partial charge in [0.2, 0.25) is 5.75 Å². The van der Waals surface area contributed by atoms with E-state index in [9.17, 15) is 28.1 Å². The molecule has 1 amide bonds. The first kappa shape index (κ1) is 24.4.